The lowest BCUT2D eigenvalue weighted by Gasteiger charge is -2.21. The van der Waals surface area contributed by atoms with Gasteiger partial charge in [-0.3, -0.25) is 37.3 Å². The van der Waals surface area contributed by atoms with Crippen LogP contribution in [0.15, 0.2) is 24.3 Å². The Morgan fingerprint density at radius 1 is 0.323 bits per heavy atom. The van der Waals surface area contributed by atoms with Gasteiger partial charge in [0.15, 0.2) is 12.2 Å². The number of allylic oxidation sites excluding steroid dienone is 4. The van der Waals surface area contributed by atoms with E-state index in [1.807, 2.05) is 0 Å². The molecule has 0 aliphatic rings. The molecule has 0 rings (SSSR count). The minimum Gasteiger partial charge on any atom is -0.462 e. The summed E-state index contributed by atoms with van der Waals surface area (Å²) in [5.74, 6) is -1.36. The minimum atomic E-state index is -4.97. The third-order valence-corrected chi connectivity index (χ3v) is 20.4. The first-order chi connectivity index (χ1) is 48.1. The van der Waals surface area contributed by atoms with E-state index < -0.39 is 97.5 Å². The van der Waals surface area contributed by atoms with Crippen LogP contribution in [0.25, 0.3) is 0 Å². The average Bonchev–Trinajstić information content (AvgIpc) is 1.41. The van der Waals surface area contributed by atoms with E-state index in [9.17, 15) is 43.2 Å². The topological polar surface area (TPSA) is 237 Å². The van der Waals surface area contributed by atoms with Crippen molar-refractivity contribution in [3.05, 3.63) is 24.3 Å². The van der Waals surface area contributed by atoms with E-state index in [-0.39, 0.29) is 25.7 Å². The molecule has 0 heterocycles. The van der Waals surface area contributed by atoms with Gasteiger partial charge >= 0.3 is 39.5 Å². The number of aliphatic hydroxyl groups excluding tert-OH is 1. The smallest absolute Gasteiger partial charge is 0.462 e. The van der Waals surface area contributed by atoms with E-state index in [0.717, 1.165) is 115 Å². The van der Waals surface area contributed by atoms with Gasteiger partial charge in [-0.2, -0.15) is 0 Å². The second kappa shape index (κ2) is 72.5. The fourth-order valence-electron chi connectivity index (χ4n) is 11.8. The van der Waals surface area contributed by atoms with E-state index >= 15 is 0 Å². The summed E-state index contributed by atoms with van der Waals surface area (Å²) >= 11 is 0. The summed E-state index contributed by atoms with van der Waals surface area (Å²) in [6.45, 7) is 7.27. The fraction of sp³-hybridized carbons (Fsp3) is 0.900. The second-order valence-electron chi connectivity index (χ2n) is 28.4. The van der Waals surface area contributed by atoms with Crippen LogP contribution in [0.3, 0.4) is 0 Å². The Labute approximate surface area is 605 Å². The Morgan fingerprint density at radius 3 is 0.859 bits per heavy atom. The summed E-state index contributed by atoms with van der Waals surface area (Å²) in [7, 11) is -9.93. The van der Waals surface area contributed by atoms with Crippen LogP contribution < -0.4 is 0 Å². The normalized spacial score (nSPS) is 14.3. The zero-order valence-corrected chi connectivity index (χ0v) is 65.9. The molecule has 0 fully saturated rings. The Bertz CT molecular complexity index is 1990. The van der Waals surface area contributed by atoms with Gasteiger partial charge in [0, 0.05) is 25.7 Å². The third-order valence-electron chi connectivity index (χ3n) is 18.5. The number of ether oxygens (including phenoxy) is 4. The van der Waals surface area contributed by atoms with Crippen LogP contribution in [0, 0.1) is 5.92 Å². The molecule has 0 saturated carbocycles. The number of hydrogen-bond acceptors (Lipinski definition) is 15. The highest BCUT2D eigenvalue weighted by Gasteiger charge is 2.30. The van der Waals surface area contributed by atoms with Crippen LogP contribution >= 0.6 is 15.6 Å². The lowest BCUT2D eigenvalue weighted by molar-refractivity contribution is -0.161. The maximum atomic E-state index is 13.1. The van der Waals surface area contributed by atoms with Crippen molar-refractivity contribution in [1.82, 2.24) is 0 Å². The number of phosphoric ester groups is 2. The van der Waals surface area contributed by atoms with Gasteiger partial charge in [-0.15, -0.1) is 0 Å². The minimum absolute atomic E-state index is 0.102. The highest BCUT2D eigenvalue weighted by atomic mass is 31.2. The summed E-state index contributed by atoms with van der Waals surface area (Å²) in [4.78, 5) is 73.0. The Balaban J connectivity index is 5.30. The number of carbonyl (C=O) groups is 4. The van der Waals surface area contributed by atoms with E-state index in [0.29, 0.717) is 25.7 Å². The summed E-state index contributed by atoms with van der Waals surface area (Å²) in [6, 6.07) is 0. The number of rotatable bonds is 78. The van der Waals surface area contributed by atoms with Crippen LogP contribution in [0.4, 0.5) is 0 Å². The first-order valence-corrected chi connectivity index (χ1v) is 44.0. The highest BCUT2D eigenvalue weighted by molar-refractivity contribution is 7.47. The monoisotopic (exact) mass is 1450 g/mol. The van der Waals surface area contributed by atoms with Crippen LogP contribution in [-0.2, 0) is 65.4 Å². The molecular formula is C80H152O17P2. The summed E-state index contributed by atoms with van der Waals surface area (Å²) in [5.41, 5.74) is 0. The first-order valence-electron chi connectivity index (χ1n) is 41.0. The number of phosphoric acid groups is 2. The lowest BCUT2D eigenvalue weighted by atomic mass is 9.99. The van der Waals surface area contributed by atoms with Gasteiger partial charge in [0.05, 0.1) is 26.4 Å². The van der Waals surface area contributed by atoms with Crippen molar-refractivity contribution in [3.8, 4) is 0 Å². The van der Waals surface area contributed by atoms with Gasteiger partial charge in [-0.05, 0) is 57.3 Å². The lowest BCUT2D eigenvalue weighted by Crippen LogP contribution is -2.30. The molecule has 584 valence electrons. The van der Waals surface area contributed by atoms with E-state index in [1.165, 1.54) is 205 Å². The van der Waals surface area contributed by atoms with Crippen molar-refractivity contribution < 1.29 is 80.2 Å². The molecule has 0 amide bonds. The van der Waals surface area contributed by atoms with Gasteiger partial charge in [0.1, 0.15) is 19.3 Å². The molecule has 0 aliphatic heterocycles. The third kappa shape index (κ3) is 72.3. The number of aliphatic hydroxyl groups is 1. The molecule has 0 bridgehead atoms. The number of carbonyl (C=O) groups excluding carboxylic acids is 4. The van der Waals surface area contributed by atoms with Gasteiger partial charge < -0.3 is 33.8 Å². The number of unbranched alkanes of at least 4 members (excludes halogenated alkanes) is 46. The Hall–Kier alpha value is -2.46. The molecule has 0 radical (unpaired) electrons. The van der Waals surface area contributed by atoms with Crippen LogP contribution in [0.2, 0.25) is 0 Å². The molecule has 0 aliphatic carbocycles. The van der Waals surface area contributed by atoms with Crippen molar-refractivity contribution in [3.63, 3.8) is 0 Å². The van der Waals surface area contributed by atoms with Crippen molar-refractivity contribution in [2.45, 2.75) is 419 Å². The van der Waals surface area contributed by atoms with Gasteiger partial charge in [-0.25, -0.2) is 9.13 Å². The number of esters is 4. The molecule has 17 nitrogen and oxygen atoms in total. The zero-order valence-electron chi connectivity index (χ0n) is 64.1. The van der Waals surface area contributed by atoms with E-state index in [2.05, 4.69) is 58.9 Å². The molecule has 3 N–H and O–H groups in total. The molecule has 19 heteroatoms. The molecule has 0 aromatic rings. The van der Waals surface area contributed by atoms with E-state index in [4.69, 9.17) is 37.0 Å². The van der Waals surface area contributed by atoms with Crippen molar-refractivity contribution in [2.24, 2.45) is 5.92 Å². The summed E-state index contributed by atoms with van der Waals surface area (Å²) < 4.78 is 68.7. The number of hydrogen-bond donors (Lipinski definition) is 3. The van der Waals surface area contributed by atoms with Crippen LogP contribution in [-0.4, -0.2) is 96.7 Å². The van der Waals surface area contributed by atoms with Crippen LogP contribution in [0.5, 0.6) is 0 Å². The molecule has 6 atom stereocenters. The maximum absolute atomic E-state index is 13.1. The summed E-state index contributed by atoms with van der Waals surface area (Å²) in [6.07, 6.45) is 65.8. The maximum Gasteiger partial charge on any atom is 0.472 e. The van der Waals surface area contributed by atoms with E-state index in [1.54, 1.807) is 0 Å². The van der Waals surface area contributed by atoms with Crippen molar-refractivity contribution >= 4 is 39.5 Å². The van der Waals surface area contributed by atoms with Gasteiger partial charge in [0.2, 0.25) is 0 Å². The molecule has 0 spiro atoms. The fourth-order valence-corrected chi connectivity index (χ4v) is 13.4. The van der Waals surface area contributed by atoms with Gasteiger partial charge in [0.25, 0.3) is 0 Å². The first kappa shape index (κ1) is 96.5. The highest BCUT2D eigenvalue weighted by Crippen LogP contribution is 2.45. The molecular weight excluding hydrogens is 1290 g/mol. The molecule has 99 heavy (non-hydrogen) atoms. The quantitative estimate of drug-likeness (QED) is 0.0169. The summed E-state index contributed by atoms with van der Waals surface area (Å²) in [5, 5.41) is 10.6. The Morgan fingerprint density at radius 2 is 0.566 bits per heavy atom. The largest absolute Gasteiger partial charge is 0.472 e. The van der Waals surface area contributed by atoms with Crippen molar-refractivity contribution in [2.75, 3.05) is 39.6 Å². The average molecular weight is 1450 g/mol. The van der Waals surface area contributed by atoms with Gasteiger partial charge in [-0.1, -0.05) is 348 Å². The van der Waals surface area contributed by atoms with Crippen LogP contribution in [0.1, 0.15) is 401 Å². The second-order valence-corrected chi connectivity index (χ2v) is 31.3. The zero-order chi connectivity index (χ0) is 72.7. The SMILES string of the molecule is CCCCCC/C=C\C=C/CCCCCCCC(=O)OC[C@H](COP(=O)(O)OC[C@@H](O)COP(=O)(O)OC[C@@H](COC(=O)CCCCCCCCCCC(C)CC)OC(=O)CCCCCCCCCCCCCCCCC)OC(=O)CCCCCCCCCCCCCCCCCCC. The predicted molar refractivity (Wildman–Crippen MR) is 404 cm³/mol. The van der Waals surface area contributed by atoms with Crippen molar-refractivity contribution in [1.29, 1.82) is 0 Å². The molecule has 0 aromatic carbocycles. The standard InChI is InChI=1S/C80H152O17P2/c1-6-10-13-16-19-22-25-28-31-32-35-38-41-44-51-56-61-66-79(84)96-75(69-90-77(82)63-58-53-48-42-39-36-33-29-26-23-20-17-14-11-7-2)71-94-98(86,87)92-67-74(81)68-93-99(88,89)95-72-76(70-91-78(83)64-59-54-49-46-45-47-52-57-62-73(5)9-4)97-80(85)65-60-55-50-43-40-37-34-30-27-24-21-18-15-12-8-3/h23,26,29,33,73-76,81H,6-22,24-25,27-28,30-32,34-72H2,1-5H3,(H,86,87)(H,88,89)/b26-23-,33-29-/t73?,74-,75-,76-/m1/s1. The molecule has 0 saturated heterocycles. The predicted octanol–water partition coefficient (Wildman–Crippen LogP) is 23.6. The molecule has 0 aromatic heterocycles. The Kier molecular flexibility index (Phi) is 70.7. The molecule has 3 unspecified atom stereocenters.